The van der Waals surface area contributed by atoms with Crippen LogP contribution in [0, 0.1) is 5.92 Å². The average Bonchev–Trinajstić information content (AvgIpc) is 2.89. The number of nitrogens with one attached hydrogen (secondary N) is 1. The van der Waals surface area contributed by atoms with Crippen molar-refractivity contribution in [1.82, 2.24) is 14.6 Å². The van der Waals surface area contributed by atoms with Crippen LogP contribution in [0.1, 0.15) is 18.5 Å². The van der Waals surface area contributed by atoms with Crippen molar-refractivity contribution in [3.8, 4) is 0 Å². The molecule has 5 heteroatoms. The summed E-state index contributed by atoms with van der Waals surface area (Å²) in [6.45, 7) is 2.56. The molecule has 1 aromatic carbocycles. The number of rotatable bonds is 3. The zero-order valence-corrected chi connectivity index (χ0v) is 12.4. The third-order valence-electron chi connectivity index (χ3n) is 3.97. The molecule has 2 heterocycles. The lowest BCUT2D eigenvalue weighted by Gasteiger charge is -2.27. The van der Waals surface area contributed by atoms with Crippen LogP contribution in [0.15, 0.2) is 24.3 Å². The fraction of sp³-hybridized carbons (Fsp3) is 0.467. The molecule has 4 nitrogen and oxygen atoms in total. The first-order chi connectivity index (χ1) is 9.74. The van der Waals surface area contributed by atoms with Gasteiger partial charge in [-0.05, 0) is 50.6 Å². The van der Waals surface area contributed by atoms with Gasteiger partial charge in [-0.15, -0.1) is 0 Å². The molecule has 20 heavy (non-hydrogen) atoms. The highest BCUT2D eigenvalue weighted by molar-refractivity contribution is 7.13. The smallest absolute Gasteiger partial charge is 0.223 e. The molecule has 0 spiro atoms. The molecule has 1 saturated heterocycles. The lowest BCUT2D eigenvalue weighted by molar-refractivity contribution is -0.126. The highest BCUT2D eigenvalue weighted by Gasteiger charge is 2.23. The molecule has 3 rings (SSSR count). The number of carbonyl (C=O) groups excluding carboxylic acids is 1. The van der Waals surface area contributed by atoms with Crippen molar-refractivity contribution in [2.24, 2.45) is 5.92 Å². The van der Waals surface area contributed by atoms with E-state index in [4.69, 9.17) is 0 Å². The minimum absolute atomic E-state index is 0.163. The van der Waals surface area contributed by atoms with E-state index in [9.17, 15) is 4.79 Å². The lowest BCUT2D eigenvalue weighted by atomic mass is 9.96. The Hall–Kier alpha value is -1.46. The summed E-state index contributed by atoms with van der Waals surface area (Å²) in [4.78, 5) is 14.5. The Bertz CT molecular complexity index is 602. The zero-order chi connectivity index (χ0) is 13.9. The number of benzene rings is 1. The molecule has 0 bridgehead atoms. The minimum atomic E-state index is 0.163. The van der Waals surface area contributed by atoms with Gasteiger partial charge in [-0.3, -0.25) is 4.79 Å². The van der Waals surface area contributed by atoms with Crippen molar-refractivity contribution >= 4 is 27.5 Å². The normalized spacial score (nSPS) is 17.4. The number of carbonyl (C=O) groups is 1. The number of piperidine rings is 1. The van der Waals surface area contributed by atoms with Gasteiger partial charge in [-0.2, -0.15) is 4.37 Å². The lowest BCUT2D eigenvalue weighted by Crippen LogP contribution is -2.38. The Balaban J connectivity index is 1.60. The van der Waals surface area contributed by atoms with Gasteiger partial charge in [-0.25, -0.2) is 0 Å². The largest absolute Gasteiger partial charge is 0.350 e. The average molecular weight is 289 g/mol. The Morgan fingerprint density at radius 2 is 2.15 bits per heavy atom. The van der Waals surface area contributed by atoms with Crippen LogP contribution in [-0.2, 0) is 11.3 Å². The number of aromatic nitrogens is 1. The van der Waals surface area contributed by atoms with Crippen LogP contribution < -0.4 is 5.32 Å². The quantitative estimate of drug-likeness (QED) is 0.942. The van der Waals surface area contributed by atoms with E-state index in [1.54, 1.807) is 0 Å². The summed E-state index contributed by atoms with van der Waals surface area (Å²) in [6.07, 6.45) is 1.92. The van der Waals surface area contributed by atoms with Gasteiger partial charge >= 0.3 is 0 Å². The highest BCUT2D eigenvalue weighted by Crippen LogP contribution is 2.22. The Labute approximate surface area is 122 Å². The fourth-order valence-electron chi connectivity index (χ4n) is 2.65. The zero-order valence-electron chi connectivity index (χ0n) is 11.6. The first-order valence-electron chi connectivity index (χ1n) is 7.03. The van der Waals surface area contributed by atoms with Gasteiger partial charge in [0.25, 0.3) is 0 Å². The van der Waals surface area contributed by atoms with Gasteiger partial charge < -0.3 is 10.2 Å². The molecular weight excluding hydrogens is 270 g/mol. The van der Waals surface area contributed by atoms with Gasteiger partial charge in [0.05, 0.1) is 16.9 Å². The summed E-state index contributed by atoms with van der Waals surface area (Å²) in [6, 6.07) is 8.16. The van der Waals surface area contributed by atoms with Gasteiger partial charge in [0.15, 0.2) is 0 Å². The first kappa shape index (κ1) is 13.5. The third kappa shape index (κ3) is 2.83. The first-order valence-corrected chi connectivity index (χ1v) is 7.81. The van der Waals surface area contributed by atoms with E-state index in [0.717, 1.165) is 37.0 Å². The summed E-state index contributed by atoms with van der Waals surface area (Å²) in [5.41, 5.74) is 0.979. The number of likely N-dealkylation sites (tertiary alicyclic amines) is 1. The summed E-state index contributed by atoms with van der Waals surface area (Å²) >= 11 is 1.49. The van der Waals surface area contributed by atoms with E-state index in [1.807, 2.05) is 12.1 Å². The molecule has 1 aromatic heterocycles. The molecule has 0 radical (unpaired) electrons. The van der Waals surface area contributed by atoms with Crippen LogP contribution in [-0.4, -0.2) is 35.3 Å². The number of hydrogen-bond acceptors (Lipinski definition) is 4. The van der Waals surface area contributed by atoms with Gasteiger partial charge in [-0.1, -0.05) is 18.2 Å². The summed E-state index contributed by atoms with van der Waals surface area (Å²) < 4.78 is 5.62. The number of hydrogen-bond donors (Lipinski definition) is 1. The van der Waals surface area contributed by atoms with E-state index in [-0.39, 0.29) is 11.8 Å². The van der Waals surface area contributed by atoms with Crippen LogP contribution in [0.2, 0.25) is 0 Å². The molecule has 0 aliphatic carbocycles. The topological polar surface area (TPSA) is 45.2 Å². The summed E-state index contributed by atoms with van der Waals surface area (Å²) in [7, 11) is 2.11. The SMILES string of the molecule is CN1CCC(C(=O)NCc2nsc3ccccc23)CC1. The molecule has 2 aromatic rings. The van der Waals surface area contributed by atoms with Crippen molar-refractivity contribution in [3.63, 3.8) is 0 Å². The molecule has 106 valence electrons. The van der Waals surface area contributed by atoms with E-state index in [2.05, 4.69) is 33.8 Å². The number of amides is 1. The molecular formula is C15H19N3OS. The fourth-order valence-corrected chi connectivity index (χ4v) is 3.45. The van der Waals surface area contributed by atoms with Crippen LogP contribution >= 0.6 is 11.5 Å². The van der Waals surface area contributed by atoms with Crippen molar-refractivity contribution < 1.29 is 4.79 Å². The molecule has 0 saturated carbocycles. The maximum Gasteiger partial charge on any atom is 0.223 e. The maximum atomic E-state index is 12.2. The molecule has 0 atom stereocenters. The van der Waals surface area contributed by atoms with E-state index >= 15 is 0 Å². The predicted molar refractivity (Wildman–Crippen MR) is 81.7 cm³/mol. The van der Waals surface area contributed by atoms with E-state index in [1.165, 1.54) is 16.2 Å². The molecule has 1 amide bonds. The molecule has 1 fully saturated rings. The van der Waals surface area contributed by atoms with Crippen molar-refractivity contribution in [1.29, 1.82) is 0 Å². The van der Waals surface area contributed by atoms with Crippen LogP contribution in [0.5, 0.6) is 0 Å². The summed E-state index contributed by atoms with van der Waals surface area (Å²) in [5, 5.41) is 4.20. The second-order valence-electron chi connectivity index (χ2n) is 5.42. The van der Waals surface area contributed by atoms with Crippen LogP contribution in [0.4, 0.5) is 0 Å². The summed E-state index contributed by atoms with van der Waals surface area (Å²) in [5.74, 6) is 0.339. The standard InChI is InChI=1S/C15H19N3OS/c1-18-8-6-11(7-9-18)15(19)16-10-13-12-4-2-3-5-14(12)20-17-13/h2-5,11H,6-10H2,1H3,(H,16,19). The molecule has 0 unspecified atom stereocenters. The van der Waals surface area contributed by atoms with Crippen LogP contribution in [0.25, 0.3) is 10.1 Å². The Kier molecular flexibility index (Phi) is 3.98. The van der Waals surface area contributed by atoms with Gasteiger partial charge in [0.2, 0.25) is 5.91 Å². The maximum absolute atomic E-state index is 12.2. The molecule has 1 aliphatic heterocycles. The molecule has 1 aliphatic rings. The van der Waals surface area contributed by atoms with Gasteiger partial charge in [0, 0.05) is 11.3 Å². The Morgan fingerprint density at radius 3 is 2.95 bits per heavy atom. The minimum Gasteiger partial charge on any atom is -0.350 e. The van der Waals surface area contributed by atoms with Gasteiger partial charge in [0.1, 0.15) is 0 Å². The molecule has 1 N–H and O–H groups in total. The number of nitrogens with zero attached hydrogens (tertiary/aromatic N) is 2. The van der Waals surface area contributed by atoms with E-state index < -0.39 is 0 Å². The monoisotopic (exact) mass is 289 g/mol. The number of fused-ring (bicyclic) bond motifs is 1. The van der Waals surface area contributed by atoms with Crippen molar-refractivity contribution in [2.45, 2.75) is 19.4 Å². The van der Waals surface area contributed by atoms with Crippen LogP contribution in [0.3, 0.4) is 0 Å². The van der Waals surface area contributed by atoms with Crippen molar-refractivity contribution in [2.75, 3.05) is 20.1 Å². The van der Waals surface area contributed by atoms with Crippen molar-refractivity contribution in [3.05, 3.63) is 30.0 Å². The highest BCUT2D eigenvalue weighted by atomic mass is 32.1. The predicted octanol–water partition coefficient (Wildman–Crippen LogP) is 2.25. The Morgan fingerprint density at radius 1 is 1.40 bits per heavy atom. The second kappa shape index (κ2) is 5.89. The second-order valence-corrected chi connectivity index (χ2v) is 6.23. The third-order valence-corrected chi connectivity index (χ3v) is 4.84. The van der Waals surface area contributed by atoms with E-state index in [0.29, 0.717) is 6.54 Å².